The topological polar surface area (TPSA) is 53.4 Å². The van der Waals surface area contributed by atoms with Crippen LogP contribution in [0.3, 0.4) is 0 Å². The minimum atomic E-state index is -1.27. The van der Waals surface area contributed by atoms with Crippen LogP contribution in [-0.4, -0.2) is 21.3 Å². The van der Waals surface area contributed by atoms with Gasteiger partial charge in [-0.25, -0.2) is 4.39 Å². The van der Waals surface area contributed by atoms with Crippen molar-refractivity contribution in [2.75, 3.05) is 0 Å². The lowest BCUT2D eigenvalue weighted by molar-refractivity contribution is 0.182. The molecule has 140 valence electrons. The second-order valence-corrected chi connectivity index (χ2v) is 6.62. The molecule has 1 atom stereocenters. The lowest BCUT2D eigenvalue weighted by Gasteiger charge is -2.07. The third-order valence-electron chi connectivity index (χ3n) is 4.39. The number of unbranched alkanes of at least 4 members (excludes halogenated alkanes) is 1. The number of hydrogen-bond donors (Lipinski definition) is 2. The molecule has 0 radical (unpaired) electrons. The normalized spacial score (nSPS) is 12.7. The zero-order valence-corrected chi connectivity index (χ0v) is 15.0. The highest BCUT2D eigenvalue weighted by atomic mass is 19.2. The van der Waals surface area contributed by atoms with Gasteiger partial charge in [-0.05, 0) is 61.4 Å². The number of benzene rings is 2. The van der Waals surface area contributed by atoms with Crippen LogP contribution in [-0.2, 0) is 0 Å². The van der Waals surface area contributed by atoms with Gasteiger partial charge in [0.05, 0.1) is 11.8 Å². The molecule has 0 fully saturated rings. The molecule has 27 heavy (non-hydrogen) atoms. The monoisotopic (exact) mass is 369 g/mol. The number of nitrogens with zero attached hydrogens (tertiary/aromatic N) is 1. The van der Waals surface area contributed by atoms with Gasteiger partial charge in [0.1, 0.15) is 0 Å². The number of phenolic OH excluding ortho intramolecular Hbond substituents is 1. The van der Waals surface area contributed by atoms with Crippen LogP contribution in [0.1, 0.15) is 31.7 Å². The van der Waals surface area contributed by atoms with E-state index in [2.05, 4.69) is 11.1 Å². The maximum Gasteiger partial charge on any atom is 0.201 e. The minimum Gasteiger partial charge on any atom is -0.505 e. The Morgan fingerprint density at radius 1 is 1.07 bits per heavy atom. The average Bonchev–Trinajstić information content (AvgIpc) is 2.65. The molecule has 0 aliphatic heterocycles. The first-order valence-electron chi connectivity index (χ1n) is 8.87. The van der Waals surface area contributed by atoms with E-state index in [0.29, 0.717) is 5.69 Å². The number of allylic oxidation sites excluding steroid dienone is 1. The van der Waals surface area contributed by atoms with Gasteiger partial charge in [0.15, 0.2) is 11.6 Å². The van der Waals surface area contributed by atoms with Crippen LogP contribution in [0.5, 0.6) is 5.75 Å². The molecule has 0 amide bonds. The van der Waals surface area contributed by atoms with Gasteiger partial charge in [0, 0.05) is 17.1 Å². The number of fused-ring (bicyclic) bond motifs is 1. The van der Waals surface area contributed by atoms with Crippen molar-refractivity contribution >= 4 is 16.8 Å². The summed E-state index contributed by atoms with van der Waals surface area (Å²) in [6.45, 7) is 1.78. The molecule has 0 aliphatic rings. The molecule has 3 nitrogen and oxygen atoms in total. The van der Waals surface area contributed by atoms with Gasteiger partial charge in [-0.15, -0.1) is 0 Å². The zero-order chi connectivity index (χ0) is 19.4. The number of aromatic hydroxyl groups is 1. The molecule has 0 spiro atoms. The molecule has 0 saturated carbocycles. The van der Waals surface area contributed by atoms with Gasteiger partial charge >= 0.3 is 0 Å². The molecule has 2 N–H and O–H groups in total. The molecular weight excluding hydrogens is 348 g/mol. The summed E-state index contributed by atoms with van der Waals surface area (Å²) >= 11 is 0. The van der Waals surface area contributed by atoms with Crippen molar-refractivity contribution in [2.24, 2.45) is 0 Å². The quantitative estimate of drug-likeness (QED) is 0.568. The largest absolute Gasteiger partial charge is 0.505 e. The summed E-state index contributed by atoms with van der Waals surface area (Å²) in [5.41, 5.74) is 1.34. The van der Waals surface area contributed by atoms with Crippen LogP contribution in [0.2, 0.25) is 0 Å². The van der Waals surface area contributed by atoms with E-state index < -0.39 is 17.4 Å². The van der Waals surface area contributed by atoms with Crippen molar-refractivity contribution in [3.63, 3.8) is 0 Å². The van der Waals surface area contributed by atoms with Crippen LogP contribution in [0, 0.1) is 11.6 Å². The third-order valence-corrected chi connectivity index (χ3v) is 4.39. The number of aliphatic hydroxyl groups excluding tert-OH is 1. The van der Waals surface area contributed by atoms with Gasteiger partial charge in [-0.1, -0.05) is 24.3 Å². The van der Waals surface area contributed by atoms with E-state index in [1.807, 2.05) is 24.3 Å². The summed E-state index contributed by atoms with van der Waals surface area (Å²) in [5, 5.41) is 20.3. The van der Waals surface area contributed by atoms with Gasteiger partial charge in [-0.2, -0.15) is 4.39 Å². The first-order valence-corrected chi connectivity index (χ1v) is 8.87. The molecular formula is C22H21F2NO2. The fourth-order valence-corrected chi connectivity index (χ4v) is 2.90. The smallest absolute Gasteiger partial charge is 0.201 e. The number of phenols is 1. The standard InChI is InChI=1S/C22H21F2NO2/c1-14(26)5-3-2-4-6-15-7-8-16-12-19(25-13-17(16)11-15)18-9-10-20(27)22(24)21(18)23/h4,6-14,26-27H,2-3,5H2,1H3/b6-4+. The number of pyridine rings is 1. The van der Waals surface area contributed by atoms with Crippen molar-refractivity contribution < 1.29 is 19.0 Å². The number of rotatable bonds is 6. The summed E-state index contributed by atoms with van der Waals surface area (Å²) < 4.78 is 27.7. The number of halogens is 2. The predicted molar refractivity (Wildman–Crippen MR) is 103 cm³/mol. The number of aliphatic hydroxyl groups is 1. The molecule has 3 aromatic rings. The van der Waals surface area contributed by atoms with E-state index in [0.717, 1.165) is 41.7 Å². The lowest BCUT2D eigenvalue weighted by Crippen LogP contribution is -1.97. The number of aromatic nitrogens is 1. The Morgan fingerprint density at radius 2 is 1.89 bits per heavy atom. The van der Waals surface area contributed by atoms with Crippen LogP contribution in [0.4, 0.5) is 8.78 Å². The second kappa shape index (κ2) is 8.27. The first kappa shape index (κ1) is 19.0. The van der Waals surface area contributed by atoms with E-state index in [1.165, 1.54) is 6.07 Å². The van der Waals surface area contributed by atoms with Crippen molar-refractivity contribution in [1.82, 2.24) is 4.98 Å². The van der Waals surface area contributed by atoms with Crippen LogP contribution in [0.25, 0.3) is 28.1 Å². The minimum absolute atomic E-state index is 0.00860. The van der Waals surface area contributed by atoms with Crippen molar-refractivity contribution in [1.29, 1.82) is 0 Å². The molecule has 0 aliphatic carbocycles. The van der Waals surface area contributed by atoms with Gasteiger partial charge < -0.3 is 10.2 Å². The lowest BCUT2D eigenvalue weighted by atomic mass is 10.0. The second-order valence-electron chi connectivity index (χ2n) is 6.62. The SMILES string of the molecule is CC(O)CCC/C=C/c1ccc2cc(-c3ccc(O)c(F)c3F)ncc2c1. The van der Waals surface area contributed by atoms with Crippen LogP contribution >= 0.6 is 0 Å². The molecule has 1 heterocycles. The zero-order valence-electron chi connectivity index (χ0n) is 15.0. The Balaban J connectivity index is 1.81. The molecule has 1 unspecified atom stereocenters. The molecule has 2 aromatic carbocycles. The molecule has 1 aromatic heterocycles. The van der Waals surface area contributed by atoms with Crippen molar-refractivity contribution in [3.8, 4) is 17.0 Å². The van der Waals surface area contributed by atoms with Crippen molar-refractivity contribution in [2.45, 2.75) is 32.3 Å². The van der Waals surface area contributed by atoms with Gasteiger partial charge in [-0.3, -0.25) is 4.98 Å². The van der Waals surface area contributed by atoms with Crippen LogP contribution in [0.15, 0.2) is 48.7 Å². The summed E-state index contributed by atoms with van der Waals surface area (Å²) in [5.74, 6) is -3.11. The average molecular weight is 369 g/mol. The molecule has 0 saturated heterocycles. The van der Waals surface area contributed by atoms with Crippen molar-refractivity contribution in [3.05, 3.63) is 65.9 Å². The molecule has 3 rings (SSSR count). The maximum absolute atomic E-state index is 14.1. The maximum atomic E-state index is 14.1. The Morgan fingerprint density at radius 3 is 2.67 bits per heavy atom. The highest BCUT2D eigenvalue weighted by Gasteiger charge is 2.15. The van der Waals surface area contributed by atoms with Crippen LogP contribution < -0.4 is 0 Å². The highest BCUT2D eigenvalue weighted by Crippen LogP contribution is 2.29. The van der Waals surface area contributed by atoms with E-state index in [4.69, 9.17) is 0 Å². The first-order chi connectivity index (χ1) is 13.0. The summed E-state index contributed by atoms with van der Waals surface area (Å²) in [4.78, 5) is 4.24. The fraction of sp³-hybridized carbons (Fsp3) is 0.227. The summed E-state index contributed by atoms with van der Waals surface area (Å²) in [7, 11) is 0. The highest BCUT2D eigenvalue weighted by molar-refractivity contribution is 5.87. The molecule has 5 heteroatoms. The Labute approximate surface area is 156 Å². The van der Waals surface area contributed by atoms with Gasteiger partial charge in [0.25, 0.3) is 0 Å². The van der Waals surface area contributed by atoms with Gasteiger partial charge in [0.2, 0.25) is 5.82 Å². The fourth-order valence-electron chi connectivity index (χ4n) is 2.90. The molecule has 0 bridgehead atoms. The summed E-state index contributed by atoms with van der Waals surface area (Å²) in [6, 6.07) is 9.96. The number of hydrogen-bond acceptors (Lipinski definition) is 3. The van der Waals surface area contributed by atoms with E-state index in [1.54, 1.807) is 19.2 Å². The van der Waals surface area contributed by atoms with E-state index >= 15 is 0 Å². The Bertz CT molecular complexity index is 983. The Kier molecular flexibility index (Phi) is 5.81. The van der Waals surface area contributed by atoms with E-state index in [-0.39, 0.29) is 11.7 Å². The third kappa shape index (κ3) is 4.49. The van der Waals surface area contributed by atoms with E-state index in [9.17, 15) is 19.0 Å². The summed E-state index contributed by atoms with van der Waals surface area (Å²) in [6.07, 6.45) is 8.05. The predicted octanol–water partition coefficient (Wildman–Crippen LogP) is 5.45. The Hall–Kier alpha value is -2.79.